The molecule has 0 aliphatic heterocycles. The molecule has 7 heteroatoms. The zero-order valence-corrected chi connectivity index (χ0v) is 17.0. The van der Waals surface area contributed by atoms with Crippen molar-refractivity contribution < 1.29 is 4.74 Å². The third kappa shape index (κ3) is 5.55. The average molecular weight is 385 g/mol. The van der Waals surface area contributed by atoms with Crippen LogP contribution < -0.4 is 10.6 Å². The molecule has 0 atom stereocenters. The molecule has 0 amide bonds. The molecule has 0 radical (unpaired) electrons. The van der Waals surface area contributed by atoms with Crippen molar-refractivity contribution >= 4 is 5.96 Å². The van der Waals surface area contributed by atoms with Gasteiger partial charge in [0.2, 0.25) is 0 Å². The topological polar surface area (TPSA) is 76.4 Å². The smallest absolute Gasteiger partial charge is 0.191 e. The average Bonchev–Trinajstić information content (AvgIpc) is 3.42. The first kappa shape index (κ1) is 20.3. The minimum Gasteiger partial charge on any atom is -0.385 e. The molecule has 2 N–H and O–H groups in total. The number of nitrogens with zero attached hydrogens (tertiary/aromatic N) is 4. The number of pyridine rings is 1. The van der Waals surface area contributed by atoms with Gasteiger partial charge >= 0.3 is 0 Å². The van der Waals surface area contributed by atoms with Gasteiger partial charge in [-0.15, -0.1) is 0 Å². The van der Waals surface area contributed by atoms with Crippen molar-refractivity contribution in [2.45, 2.75) is 45.6 Å². The summed E-state index contributed by atoms with van der Waals surface area (Å²) in [6.45, 7) is 5.29. The summed E-state index contributed by atoms with van der Waals surface area (Å²) >= 11 is 0. The van der Waals surface area contributed by atoms with Crippen molar-refractivity contribution in [1.82, 2.24) is 25.4 Å². The number of aromatic nitrogens is 3. The maximum atomic E-state index is 5.34. The fraction of sp³-hybridized carbons (Fsp3) is 0.571. The maximum Gasteiger partial charge on any atom is 0.191 e. The summed E-state index contributed by atoms with van der Waals surface area (Å²) < 4.78 is 7.10. The molecule has 0 aromatic carbocycles. The summed E-state index contributed by atoms with van der Waals surface area (Å²) in [5.41, 5.74) is 1.43. The minimum atomic E-state index is 0.329. The lowest BCUT2D eigenvalue weighted by atomic mass is 9.83. The zero-order chi connectivity index (χ0) is 19.7. The van der Waals surface area contributed by atoms with Gasteiger partial charge in [0, 0.05) is 45.4 Å². The molecule has 1 fully saturated rings. The Kier molecular flexibility index (Phi) is 7.42. The Balaban J connectivity index is 1.63. The van der Waals surface area contributed by atoms with Gasteiger partial charge in [-0.2, -0.15) is 5.10 Å². The lowest BCUT2D eigenvalue weighted by molar-refractivity contribution is 0.138. The van der Waals surface area contributed by atoms with E-state index in [9.17, 15) is 0 Å². The lowest BCUT2D eigenvalue weighted by Gasteiger charge is -2.30. The molecule has 1 aliphatic rings. The van der Waals surface area contributed by atoms with Crippen molar-refractivity contribution in [2.24, 2.45) is 10.4 Å². The summed E-state index contributed by atoms with van der Waals surface area (Å²) in [6, 6.07) is 5.91. The summed E-state index contributed by atoms with van der Waals surface area (Å²) in [7, 11) is 1.79. The lowest BCUT2D eigenvalue weighted by Crippen LogP contribution is -2.43. The highest BCUT2D eigenvalue weighted by molar-refractivity contribution is 5.79. The second-order valence-corrected chi connectivity index (χ2v) is 7.47. The van der Waals surface area contributed by atoms with Gasteiger partial charge in [0.25, 0.3) is 0 Å². The largest absolute Gasteiger partial charge is 0.385 e. The Labute approximate surface area is 167 Å². The quantitative estimate of drug-likeness (QED) is 0.513. The molecular formula is C21H32N6O. The van der Waals surface area contributed by atoms with E-state index in [0.717, 1.165) is 43.5 Å². The van der Waals surface area contributed by atoms with Gasteiger partial charge in [0.05, 0.1) is 6.54 Å². The van der Waals surface area contributed by atoms with Crippen LogP contribution in [-0.4, -0.2) is 47.5 Å². The van der Waals surface area contributed by atoms with Crippen LogP contribution in [-0.2, 0) is 11.3 Å². The van der Waals surface area contributed by atoms with Gasteiger partial charge in [-0.05, 0) is 55.4 Å². The highest BCUT2D eigenvalue weighted by Gasteiger charge is 2.33. The Hall–Kier alpha value is -2.41. The van der Waals surface area contributed by atoms with Crippen molar-refractivity contribution in [3.05, 3.63) is 42.4 Å². The Morgan fingerprint density at radius 2 is 2.14 bits per heavy atom. The highest BCUT2D eigenvalue weighted by Crippen LogP contribution is 2.40. The number of methoxy groups -OCH3 is 1. The van der Waals surface area contributed by atoms with E-state index in [1.165, 1.54) is 25.7 Å². The van der Waals surface area contributed by atoms with Gasteiger partial charge in [0.1, 0.15) is 0 Å². The third-order valence-electron chi connectivity index (χ3n) is 5.44. The molecule has 2 aromatic rings. The van der Waals surface area contributed by atoms with E-state index in [2.05, 4.69) is 27.6 Å². The van der Waals surface area contributed by atoms with E-state index in [4.69, 9.17) is 9.73 Å². The monoisotopic (exact) mass is 384 g/mol. The predicted octanol–water partition coefficient (Wildman–Crippen LogP) is 2.92. The number of hydrogen-bond donors (Lipinski definition) is 2. The third-order valence-corrected chi connectivity index (χ3v) is 5.44. The molecule has 2 aromatic heterocycles. The van der Waals surface area contributed by atoms with E-state index in [-0.39, 0.29) is 0 Å². The van der Waals surface area contributed by atoms with Crippen molar-refractivity contribution in [1.29, 1.82) is 0 Å². The number of aliphatic imine (C=N–C) groups is 1. The van der Waals surface area contributed by atoms with Gasteiger partial charge < -0.3 is 15.4 Å². The molecule has 1 saturated carbocycles. The molecule has 2 heterocycles. The van der Waals surface area contributed by atoms with Crippen LogP contribution in [0.25, 0.3) is 5.82 Å². The zero-order valence-electron chi connectivity index (χ0n) is 17.0. The van der Waals surface area contributed by atoms with Crippen LogP contribution in [0, 0.1) is 5.41 Å². The molecular weight excluding hydrogens is 352 g/mol. The Morgan fingerprint density at radius 1 is 1.29 bits per heavy atom. The van der Waals surface area contributed by atoms with Crippen LogP contribution in [0.15, 0.2) is 41.8 Å². The summed E-state index contributed by atoms with van der Waals surface area (Å²) in [5, 5.41) is 11.2. The van der Waals surface area contributed by atoms with Crippen LogP contribution in [0.5, 0.6) is 0 Å². The molecule has 7 nitrogen and oxygen atoms in total. The van der Waals surface area contributed by atoms with Gasteiger partial charge in [-0.25, -0.2) is 14.7 Å². The molecule has 152 valence electrons. The van der Waals surface area contributed by atoms with Crippen molar-refractivity contribution in [2.75, 3.05) is 26.8 Å². The molecule has 0 spiro atoms. The fourth-order valence-corrected chi connectivity index (χ4v) is 3.83. The van der Waals surface area contributed by atoms with Gasteiger partial charge in [-0.3, -0.25) is 0 Å². The number of rotatable bonds is 9. The number of hydrogen-bond acceptors (Lipinski definition) is 4. The van der Waals surface area contributed by atoms with Crippen molar-refractivity contribution in [3.63, 3.8) is 0 Å². The summed E-state index contributed by atoms with van der Waals surface area (Å²) in [4.78, 5) is 9.16. The van der Waals surface area contributed by atoms with Crippen LogP contribution in [0.1, 0.15) is 44.6 Å². The van der Waals surface area contributed by atoms with Crippen LogP contribution in [0.4, 0.5) is 0 Å². The molecule has 0 bridgehead atoms. The second-order valence-electron chi connectivity index (χ2n) is 7.47. The first-order chi connectivity index (χ1) is 13.7. The molecule has 0 saturated heterocycles. The summed E-state index contributed by atoms with van der Waals surface area (Å²) in [6.07, 6.45) is 11.7. The molecule has 28 heavy (non-hydrogen) atoms. The van der Waals surface area contributed by atoms with Crippen LogP contribution in [0.2, 0.25) is 0 Å². The van der Waals surface area contributed by atoms with Gasteiger partial charge in [-0.1, -0.05) is 12.8 Å². The van der Waals surface area contributed by atoms with E-state index in [1.807, 2.05) is 24.4 Å². The molecule has 0 unspecified atom stereocenters. The Morgan fingerprint density at radius 3 is 2.86 bits per heavy atom. The maximum absolute atomic E-state index is 5.34. The number of nitrogens with one attached hydrogen (secondary N) is 2. The molecule has 1 aliphatic carbocycles. The van der Waals surface area contributed by atoms with E-state index in [0.29, 0.717) is 12.0 Å². The summed E-state index contributed by atoms with van der Waals surface area (Å²) in [5.74, 6) is 1.67. The number of ether oxygens (including phenoxy) is 1. The predicted molar refractivity (Wildman–Crippen MR) is 112 cm³/mol. The number of guanidine groups is 1. The fourth-order valence-electron chi connectivity index (χ4n) is 3.83. The van der Waals surface area contributed by atoms with Gasteiger partial charge in [0.15, 0.2) is 11.8 Å². The first-order valence-electron chi connectivity index (χ1n) is 10.2. The highest BCUT2D eigenvalue weighted by atomic mass is 16.5. The van der Waals surface area contributed by atoms with Crippen molar-refractivity contribution in [3.8, 4) is 5.82 Å². The second kappa shape index (κ2) is 10.2. The Bertz CT molecular complexity index is 737. The standard InChI is InChI=1S/C21H32N6O/c1-3-22-20(25-17-21(10-14-28-2)8-4-5-9-21)24-16-18-7-12-23-19(15-18)27-13-6-11-26-27/h6-7,11-13,15H,3-5,8-10,14,16-17H2,1-2H3,(H2,22,24,25). The van der Waals surface area contributed by atoms with Crippen LogP contribution in [0.3, 0.4) is 0 Å². The molecule has 3 rings (SSSR count). The van der Waals surface area contributed by atoms with E-state index < -0.39 is 0 Å². The normalized spacial score (nSPS) is 16.3. The van der Waals surface area contributed by atoms with E-state index >= 15 is 0 Å². The van der Waals surface area contributed by atoms with E-state index in [1.54, 1.807) is 24.2 Å². The van der Waals surface area contributed by atoms with Crippen LogP contribution >= 0.6 is 0 Å². The SMILES string of the molecule is CCNC(=NCc1ccnc(-n2cccn2)c1)NCC1(CCOC)CCCC1. The first-order valence-corrected chi connectivity index (χ1v) is 10.2. The minimum absolute atomic E-state index is 0.329.